The quantitative estimate of drug-likeness (QED) is 0.186. The van der Waals surface area contributed by atoms with E-state index in [2.05, 4.69) is 15.1 Å². The van der Waals surface area contributed by atoms with Crippen molar-refractivity contribution in [3.8, 4) is 28.1 Å². The fourth-order valence-corrected chi connectivity index (χ4v) is 6.33. The number of aromatic nitrogens is 4. The van der Waals surface area contributed by atoms with Gasteiger partial charge in [0.05, 0.1) is 10.6 Å². The first kappa shape index (κ1) is 24.1. The number of nitrogens with zero attached hydrogens (tertiary/aromatic N) is 6. The minimum Gasteiger partial charge on any atom is -0.342 e. The fourth-order valence-electron chi connectivity index (χ4n) is 5.33. The summed E-state index contributed by atoms with van der Waals surface area (Å²) in [5.74, 6) is 0.528. The van der Waals surface area contributed by atoms with E-state index in [0.717, 1.165) is 53.7 Å². The van der Waals surface area contributed by atoms with Crippen molar-refractivity contribution in [1.29, 1.82) is 0 Å². The van der Waals surface area contributed by atoms with Crippen LogP contribution in [0, 0.1) is 10.1 Å². The van der Waals surface area contributed by atoms with E-state index >= 15 is 0 Å². The molecule has 40 heavy (non-hydrogen) atoms. The molecule has 6 aromatic rings. The number of hydrogen-bond donors (Lipinski definition) is 0. The number of thiophene rings is 1. The van der Waals surface area contributed by atoms with Crippen LogP contribution in [0.4, 0.5) is 11.6 Å². The Balaban J connectivity index is 1.57. The zero-order valence-electron chi connectivity index (χ0n) is 21.2. The standard InChI is InChI=1S/C30H22N6O3S/c37-29-27-26(31-30(34-17-7-8-18-34)35(29)21-13-15-22(16-14-21)36(38)39)24-23(19-9-3-1-4-10-19)25(32-33-28(24)40-27)20-11-5-2-6-12-20/h1-6,9-16H,7-8,17-18H2. The molecule has 0 unspecified atom stereocenters. The molecule has 9 nitrogen and oxygen atoms in total. The topological polar surface area (TPSA) is 107 Å². The molecule has 0 atom stereocenters. The molecule has 0 saturated carbocycles. The Morgan fingerprint density at radius 1 is 0.825 bits per heavy atom. The van der Waals surface area contributed by atoms with Crippen molar-refractivity contribution < 1.29 is 4.92 Å². The Hall–Kier alpha value is -4.96. The number of nitro benzene ring substituents is 1. The molecule has 3 aromatic heterocycles. The van der Waals surface area contributed by atoms with E-state index in [1.165, 1.54) is 23.5 Å². The molecular formula is C30H22N6O3S. The summed E-state index contributed by atoms with van der Waals surface area (Å²) in [6.45, 7) is 1.54. The molecule has 10 heteroatoms. The average molecular weight is 547 g/mol. The maximum absolute atomic E-state index is 14.2. The Kier molecular flexibility index (Phi) is 5.82. The minimum absolute atomic E-state index is 0.0355. The number of nitro groups is 1. The second-order valence-electron chi connectivity index (χ2n) is 9.64. The lowest BCUT2D eigenvalue weighted by Gasteiger charge is -2.21. The zero-order chi connectivity index (χ0) is 27.2. The molecule has 1 fully saturated rings. The minimum atomic E-state index is -0.449. The van der Waals surface area contributed by atoms with Crippen LogP contribution in [0.3, 0.4) is 0 Å². The van der Waals surface area contributed by atoms with Crippen molar-refractivity contribution >= 4 is 43.4 Å². The van der Waals surface area contributed by atoms with Gasteiger partial charge in [-0.15, -0.1) is 21.5 Å². The van der Waals surface area contributed by atoms with E-state index in [0.29, 0.717) is 26.7 Å². The van der Waals surface area contributed by atoms with Crippen LogP contribution in [0.5, 0.6) is 0 Å². The second-order valence-corrected chi connectivity index (χ2v) is 10.6. The van der Waals surface area contributed by atoms with Crippen LogP contribution in [0.15, 0.2) is 89.7 Å². The lowest BCUT2D eigenvalue weighted by atomic mass is 9.97. The van der Waals surface area contributed by atoms with Crippen LogP contribution in [0.2, 0.25) is 0 Å². The van der Waals surface area contributed by atoms with Gasteiger partial charge in [0.2, 0.25) is 5.95 Å². The summed E-state index contributed by atoms with van der Waals surface area (Å²) in [5.41, 5.74) is 4.35. The van der Waals surface area contributed by atoms with Crippen molar-refractivity contribution in [3.05, 3.63) is 105 Å². The van der Waals surface area contributed by atoms with E-state index in [9.17, 15) is 14.9 Å². The monoisotopic (exact) mass is 546 g/mol. The molecule has 196 valence electrons. The van der Waals surface area contributed by atoms with Gasteiger partial charge in [0.15, 0.2) is 0 Å². The van der Waals surface area contributed by atoms with Gasteiger partial charge >= 0.3 is 0 Å². The first-order chi connectivity index (χ1) is 19.6. The Morgan fingerprint density at radius 2 is 1.48 bits per heavy atom. The SMILES string of the molecule is O=c1c2sc3nnc(-c4ccccc4)c(-c4ccccc4)c3c2nc(N2CCCC2)n1-c1ccc([N+](=O)[O-])cc1. The van der Waals surface area contributed by atoms with Gasteiger partial charge in [0.25, 0.3) is 11.2 Å². The number of non-ortho nitro benzene ring substituents is 1. The molecular weight excluding hydrogens is 524 g/mol. The van der Waals surface area contributed by atoms with E-state index in [4.69, 9.17) is 4.98 Å². The Labute approximate surface area is 232 Å². The number of anilines is 1. The van der Waals surface area contributed by atoms with Crippen molar-refractivity contribution in [2.24, 2.45) is 0 Å². The van der Waals surface area contributed by atoms with Gasteiger partial charge < -0.3 is 4.90 Å². The summed E-state index contributed by atoms with van der Waals surface area (Å²) in [6, 6.07) is 25.9. The summed E-state index contributed by atoms with van der Waals surface area (Å²) < 4.78 is 2.04. The molecule has 0 N–H and O–H groups in total. The normalized spacial score (nSPS) is 13.3. The molecule has 0 radical (unpaired) electrons. The average Bonchev–Trinajstić information content (AvgIpc) is 3.66. The summed E-state index contributed by atoms with van der Waals surface area (Å²) in [5, 5.41) is 21.3. The maximum atomic E-state index is 14.2. The summed E-state index contributed by atoms with van der Waals surface area (Å²) >= 11 is 1.27. The van der Waals surface area contributed by atoms with Crippen molar-refractivity contribution in [2.75, 3.05) is 18.0 Å². The molecule has 3 aromatic carbocycles. The Bertz CT molecular complexity index is 1950. The van der Waals surface area contributed by atoms with E-state index in [1.807, 2.05) is 60.7 Å². The van der Waals surface area contributed by atoms with Crippen LogP contribution in [-0.4, -0.2) is 37.8 Å². The van der Waals surface area contributed by atoms with Gasteiger partial charge in [-0.2, -0.15) is 0 Å². The van der Waals surface area contributed by atoms with Gasteiger partial charge in [0, 0.05) is 41.7 Å². The molecule has 4 heterocycles. The van der Waals surface area contributed by atoms with E-state index in [1.54, 1.807) is 16.7 Å². The number of benzene rings is 3. The lowest BCUT2D eigenvalue weighted by Crippen LogP contribution is -2.30. The van der Waals surface area contributed by atoms with Crippen molar-refractivity contribution in [2.45, 2.75) is 12.8 Å². The van der Waals surface area contributed by atoms with Crippen LogP contribution >= 0.6 is 11.3 Å². The maximum Gasteiger partial charge on any atom is 0.277 e. The van der Waals surface area contributed by atoms with Crippen LogP contribution in [0.25, 0.3) is 48.5 Å². The highest BCUT2D eigenvalue weighted by Crippen LogP contribution is 2.42. The highest BCUT2D eigenvalue weighted by atomic mass is 32.1. The van der Waals surface area contributed by atoms with Crippen molar-refractivity contribution in [1.82, 2.24) is 19.7 Å². The number of hydrogen-bond acceptors (Lipinski definition) is 8. The molecule has 0 aliphatic carbocycles. The van der Waals surface area contributed by atoms with Gasteiger partial charge in [-0.05, 0) is 30.5 Å². The third-order valence-electron chi connectivity index (χ3n) is 7.22. The van der Waals surface area contributed by atoms with Gasteiger partial charge in [-0.3, -0.25) is 14.9 Å². The predicted molar refractivity (Wildman–Crippen MR) is 157 cm³/mol. The highest BCUT2D eigenvalue weighted by Gasteiger charge is 2.26. The molecule has 1 aliphatic heterocycles. The van der Waals surface area contributed by atoms with E-state index in [-0.39, 0.29) is 11.2 Å². The van der Waals surface area contributed by atoms with Gasteiger partial charge in [0.1, 0.15) is 20.7 Å². The van der Waals surface area contributed by atoms with Crippen LogP contribution in [-0.2, 0) is 0 Å². The van der Waals surface area contributed by atoms with Crippen LogP contribution < -0.4 is 10.5 Å². The van der Waals surface area contributed by atoms with Gasteiger partial charge in [-0.25, -0.2) is 9.55 Å². The second kappa shape index (κ2) is 9.65. The molecule has 1 saturated heterocycles. The third kappa shape index (κ3) is 3.92. The van der Waals surface area contributed by atoms with E-state index < -0.39 is 4.92 Å². The smallest absolute Gasteiger partial charge is 0.277 e. The summed E-state index contributed by atoms with van der Waals surface area (Å²) in [4.78, 5) is 32.9. The molecule has 0 spiro atoms. The van der Waals surface area contributed by atoms with Gasteiger partial charge in [-0.1, -0.05) is 60.7 Å². The first-order valence-electron chi connectivity index (χ1n) is 13.0. The Morgan fingerprint density at radius 3 is 2.12 bits per heavy atom. The first-order valence-corrected chi connectivity index (χ1v) is 13.8. The van der Waals surface area contributed by atoms with Crippen LogP contribution in [0.1, 0.15) is 12.8 Å². The number of fused-ring (bicyclic) bond motifs is 3. The molecule has 0 bridgehead atoms. The third-order valence-corrected chi connectivity index (χ3v) is 8.27. The zero-order valence-corrected chi connectivity index (χ0v) is 22.0. The highest BCUT2D eigenvalue weighted by molar-refractivity contribution is 7.25. The molecule has 0 amide bonds. The van der Waals surface area contributed by atoms with Crippen molar-refractivity contribution in [3.63, 3.8) is 0 Å². The summed E-state index contributed by atoms with van der Waals surface area (Å²) in [6.07, 6.45) is 1.99. The molecule has 7 rings (SSSR count). The lowest BCUT2D eigenvalue weighted by molar-refractivity contribution is -0.384. The summed E-state index contributed by atoms with van der Waals surface area (Å²) in [7, 11) is 0. The predicted octanol–water partition coefficient (Wildman–Crippen LogP) is 6.23. The molecule has 1 aliphatic rings. The fraction of sp³-hybridized carbons (Fsp3) is 0.133. The number of rotatable bonds is 5. The largest absolute Gasteiger partial charge is 0.342 e.